The van der Waals surface area contributed by atoms with E-state index >= 15 is 0 Å². The Kier molecular flexibility index (Phi) is 5.16. The van der Waals surface area contributed by atoms with Crippen LogP contribution in [-0.4, -0.2) is 21.0 Å². The van der Waals surface area contributed by atoms with E-state index in [1.165, 1.54) is 12.1 Å². The SMILES string of the molecule is Cc1nc(Nc2ccc(C(=O)O)cc2)[nH]c(=O)c1CCC(C)C. The molecule has 2 rings (SSSR count). The van der Waals surface area contributed by atoms with Gasteiger partial charge >= 0.3 is 5.97 Å². The van der Waals surface area contributed by atoms with Gasteiger partial charge in [0.1, 0.15) is 0 Å². The maximum atomic E-state index is 12.2. The lowest BCUT2D eigenvalue weighted by Gasteiger charge is -2.10. The third-order valence-corrected chi connectivity index (χ3v) is 3.59. The molecule has 0 bridgehead atoms. The van der Waals surface area contributed by atoms with Gasteiger partial charge in [0, 0.05) is 16.9 Å². The third kappa shape index (κ3) is 4.42. The zero-order valence-electron chi connectivity index (χ0n) is 13.5. The lowest BCUT2D eigenvalue weighted by atomic mass is 10.0. The Bertz CT molecular complexity index is 749. The summed E-state index contributed by atoms with van der Waals surface area (Å²) in [6.45, 7) is 6.06. The van der Waals surface area contributed by atoms with Crippen LogP contribution in [-0.2, 0) is 6.42 Å². The van der Waals surface area contributed by atoms with E-state index in [0.29, 0.717) is 35.2 Å². The first-order valence-corrected chi connectivity index (χ1v) is 7.57. The number of aromatic carboxylic acids is 1. The first-order chi connectivity index (χ1) is 10.9. The molecule has 3 N–H and O–H groups in total. The van der Waals surface area contributed by atoms with Gasteiger partial charge in [0.15, 0.2) is 0 Å². The third-order valence-electron chi connectivity index (χ3n) is 3.59. The smallest absolute Gasteiger partial charge is 0.335 e. The zero-order chi connectivity index (χ0) is 17.0. The quantitative estimate of drug-likeness (QED) is 0.761. The van der Waals surface area contributed by atoms with Crippen LogP contribution in [0, 0.1) is 12.8 Å². The van der Waals surface area contributed by atoms with Crippen LogP contribution >= 0.6 is 0 Å². The Hall–Kier alpha value is -2.63. The fourth-order valence-electron chi connectivity index (χ4n) is 2.23. The molecule has 2 aromatic rings. The predicted octanol–water partition coefficient (Wildman–Crippen LogP) is 3.11. The summed E-state index contributed by atoms with van der Waals surface area (Å²) in [5.74, 6) is -0.100. The van der Waals surface area contributed by atoms with Crippen molar-refractivity contribution in [2.45, 2.75) is 33.6 Å². The summed E-state index contributed by atoms with van der Waals surface area (Å²) in [5.41, 5.74) is 2.15. The molecule has 122 valence electrons. The Balaban J connectivity index is 2.18. The summed E-state index contributed by atoms with van der Waals surface area (Å²) >= 11 is 0. The van der Waals surface area contributed by atoms with Gasteiger partial charge < -0.3 is 10.4 Å². The van der Waals surface area contributed by atoms with Crippen LogP contribution in [0.1, 0.15) is 41.9 Å². The van der Waals surface area contributed by atoms with Gasteiger partial charge in [-0.05, 0) is 49.9 Å². The minimum absolute atomic E-state index is 0.136. The zero-order valence-corrected chi connectivity index (χ0v) is 13.5. The van der Waals surface area contributed by atoms with Gasteiger partial charge in [0.2, 0.25) is 5.95 Å². The fourth-order valence-corrected chi connectivity index (χ4v) is 2.23. The normalized spacial score (nSPS) is 10.8. The van der Waals surface area contributed by atoms with Crippen LogP contribution in [0.2, 0.25) is 0 Å². The van der Waals surface area contributed by atoms with Gasteiger partial charge in [-0.2, -0.15) is 0 Å². The molecule has 0 aliphatic heterocycles. The highest BCUT2D eigenvalue weighted by atomic mass is 16.4. The number of carboxylic acids is 1. The first-order valence-electron chi connectivity index (χ1n) is 7.57. The van der Waals surface area contributed by atoms with Crippen LogP contribution in [0.5, 0.6) is 0 Å². The number of hydrogen-bond donors (Lipinski definition) is 3. The van der Waals surface area contributed by atoms with E-state index in [2.05, 4.69) is 29.1 Å². The van der Waals surface area contributed by atoms with Crippen molar-refractivity contribution in [2.24, 2.45) is 5.92 Å². The second-order valence-electron chi connectivity index (χ2n) is 5.92. The van der Waals surface area contributed by atoms with Crippen LogP contribution in [0.25, 0.3) is 0 Å². The number of aryl methyl sites for hydroxylation is 1. The van der Waals surface area contributed by atoms with Crippen molar-refractivity contribution in [1.82, 2.24) is 9.97 Å². The Morgan fingerprint density at radius 3 is 2.48 bits per heavy atom. The number of rotatable bonds is 6. The van der Waals surface area contributed by atoms with Crippen molar-refractivity contribution >= 4 is 17.6 Å². The average molecular weight is 315 g/mol. The predicted molar refractivity (Wildman–Crippen MR) is 89.4 cm³/mol. The summed E-state index contributed by atoms with van der Waals surface area (Å²) in [6, 6.07) is 6.25. The highest BCUT2D eigenvalue weighted by molar-refractivity contribution is 5.88. The number of hydrogen-bond acceptors (Lipinski definition) is 4. The molecule has 0 saturated heterocycles. The lowest BCUT2D eigenvalue weighted by Crippen LogP contribution is -2.18. The Morgan fingerprint density at radius 1 is 1.30 bits per heavy atom. The molecule has 0 aliphatic rings. The molecule has 0 radical (unpaired) electrons. The lowest BCUT2D eigenvalue weighted by molar-refractivity contribution is 0.0697. The number of carboxylic acid groups (broad SMARTS) is 1. The molecule has 0 saturated carbocycles. The van der Waals surface area contributed by atoms with Gasteiger partial charge in [0.05, 0.1) is 5.56 Å². The largest absolute Gasteiger partial charge is 0.478 e. The van der Waals surface area contributed by atoms with E-state index in [4.69, 9.17) is 5.11 Å². The standard InChI is InChI=1S/C17H21N3O3/c1-10(2)4-9-14-11(3)18-17(20-15(14)21)19-13-7-5-12(6-8-13)16(22)23/h5-8,10H,4,9H2,1-3H3,(H,22,23)(H2,18,19,20,21). The molecule has 0 unspecified atom stereocenters. The molecular weight excluding hydrogens is 294 g/mol. The van der Waals surface area contributed by atoms with Crippen molar-refractivity contribution in [3.8, 4) is 0 Å². The van der Waals surface area contributed by atoms with Gasteiger partial charge in [-0.1, -0.05) is 13.8 Å². The molecule has 0 fully saturated rings. The van der Waals surface area contributed by atoms with Crippen LogP contribution in [0.4, 0.5) is 11.6 Å². The van der Waals surface area contributed by atoms with E-state index in [1.54, 1.807) is 12.1 Å². The molecule has 23 heavy (non-hydrogen) atoms. The molecule has 0 aliphatic carbocycles. The van der Waals surface area contributed by atoms with Crippen molar-refractivity contribution in [1.29, 1.82) is 0 Å². The van der Waals surface area contributed by atoms with E-state index in [0.717, 1.165) is 6.42 Å². The molecule has 6 heteroatoms. The molecule has 1 aromatic carbocycles. The van der Waals surface area contributed by atoms with E-state index in [9.17, 15) is 9.59 Å². The maximum Gasteiger partial charge on any atom is 0.335 e. The van der Waals surface area contributed by atoms with Crippen LogP contribution < -0.4 is 10.9 Å². The Morgan fingerprint density at radius 2 is 1.96 bits per heavy atom. The summed E-state index contributed by atoms with van der Waals surface area (Å²) in [5, 5.41) is 11.9. The van der Waals surface area contributed by atoms with Crippen molar-refractivity contribution < 1.29 is 9.90 Å². The summed E-state index contributed by atoms with van der Waals surface area (Å²) < 4.78 is 0. The fraction of sp³-hybridized carbons (Fsp3) is 0.353. The van der Waals surface area contributed by atoms with Crippen LogP contribution in [0.15, 0.2) is 29.1 Å². The number of aromatic nitrogens is 2. The summed E-state index contributed by atoms with van der Waals surface area (Å²) in [7, 11) is 0. The number of aromatic amines is 1. The average Bonchev–Trinajstić information content (AvgIpc) is 2.46. The molecular formula is C17H21N3O3. The number of H-pyrrole nitrogens is 1. The summed E-state index contributed by atoms with van der Waals surface area (Å²) in [6.07, 6.45) is 1.65. The number of nitrogens with zero attached hydrogens (tertiary/aromatic N) is 1. The van der Waals surface area contributed by atoms with Gasteiger partial charge in [-0.25, -0.2) is 9.78 Å². The summed E-state index contributed by atoms with van der Waals surface area (Å²) in [4.78, 5) is 30.1. The molecule has 0 spiro atoms. The van der Waals surface area contributed by atoms with Gasteiger partial charge in [-0.15, -0.1) is 0 Å². The second kappa shape index (κ2) is 7.09. The molecule has 0 amide bonds. The molecule has 1 heterocycles. The Labute approximate surface area is 134 Å². The van der Waals surface area contributed by atoms with E-state index in [-0.39, 0.29) is 11.1 Å². The number of nitrogens with one attached hydrogen (secondary N) is 2. The highest BCUT2D eigenvalue weighted by Gasteiger charge is 2.09. The minimum Gasteiger partial charge on any atom is -0.478 e. The second-order valence-corrected chi connectivity index (χ2v) is 5.92. The van der Waals surface area contributed by atoms with Crippen molar-refractivity contribution in [3.05, 3.63) is 51.4 Å². The number of carbonyl (C=O) groups is 1. The molecule has 1 aromatic heterocycles. The first kappa shape index (κ1) is 16.7. The highest BCUT2D eigenvalue weighted by Crippen LogP contribution is 2.15. The topological polar surface area (TPSA) is 95.1 Å². The van der Waals surface area contributed by atoms with E-state index < -0.39 is 5.97 Å². The maximum absolute atomic E-state index is 12.2. The van der Waals surface area contributed by atoms with Crippen molar-refractivity contribution in [3.63, 3.8) is 0 Å². The van der Waals surface area contributed by atoms with Crippen molar-refractivity contribution in [2.75, 3.05) is 5.32 Å². The minimum atomic E-state index is -0.978. The molecule has 0 atom stereocenters. The van der Waals surface area contributed by atoms with Gasteiger partial charge in [0.25, 0.3) is 5.56 Å². The number of benzene rings is 1. The van der Waals surface area contributed by atoms with E-state index in [1.807, 2.05) is 6.92 Å². The van der Waals surface area contributed by atoms with Gasteiger partial charge in [-0.3, -0.25) is 9.78 Å². The monoisotopic (exact) mass is 315 g/mol. The molecule has 6 nitrogen and oxygen atoms in total. The number of anilines is 2. The van der Waals surface area contributed by atoms with Crippen LogP contribution in [0.3, 0.4) is 0 Å².